The fraction of sp³-hybridized carbons (Fsp3) is 0.442. The number of hydrogen-bond acceptors (Lipinski definition) is 4. The Kier molecular flexibility index (Phi) is 7.22. The van der Waals surface area contributed by atoms with Gasteiger partial charge in [-0.3, -0.25) is 4.57 Å². The van der Waals surface area contributed by atoms with Gasteiger partial charge in [0.15, 0.2) is 0 Å². The first-order valence-corrected chi connectivity index (χ1v) is 17.5. The fourth-order valence-corrected chi connectivity index (χ4v) is 7.36. The number of benzene rings is 3. The lowest BCUT2D eigenvalue weighted by Crippen LogP contribution is -2.41. The molecule has 0 saturated heterocycles. The zero-order valence-electron chi connectivity index (χ0n) is 30.7. The molecule has 5 aromatic rings. The van der Waals surface area contributed by atoms with Gasteiger partial charge in [0.25, 0.3) is 0 Å². The van der Waals surface area contributed by atoms with E-state index in [1.54, 1.807) is 0 Å². The average molecular weight is 642 g/mol. The largest absolute Gasteiger partial charge is 0.469 e. The number of ether oxygens (including phenoxy) is 2. The van der Waals surface area contributed by atoms with Gasteiger partial charge >= 0.3 is 0 Å². The highest BCUT2D eigenvalue weighted by Crippen LogP contribution is 2.49. The molecule has 0 radical (unpaired) electrons. The molecule has 1 fully saturated rings. The predicted octanol–water partition coefficient (Wildman–Crippen LogP) is 11.3. The second-order valence-corrected chi connectivity index (χ2v) is 17.6. The Labute approximate surface area is 286 Å². The molecule has 0 bridgehead atoms. The van der Waals surface area contributed by atoms with E-state index in [-0.39, 0.29) is 27.4 Å². The molecule has 1 saturated carbocycles. The molecule has 1 aliphatic carbocycles. The van der Waals surface area contributed by atoms with Gasteiger partial charge in [0.05, 0.1) is 11.0 Å². The van der Waals surface area contributed by atoms with Crippen molar-refractivity contribution in [2.45, 2.75) is 123 Å². The lowest BCUT2D eigenvalue weighted by Gasteiger charge is -2.30. The standard InChI is InChI=1S/C43H51N3O2/c1-39(2,3)28-13-16-35-34(24-28)33-15-14-31(26-36(33)46(35)37-25-29(17-20-44-37)40(4,5)6)47-32-22-27(21-30(23-32)41(7,8)9)38-45-42(10)18-12-19-43(42,11)48-38/h13-17,20-26H,12,18-19H2,1-11H3/t42-,43+/m1/s1. The van der Waals surface area contributed by atoms with Crippen molar-refractivity contribution in [2.75, 3.05) is 0 Å². The van der Waals surface area contributed by atoms with E-state index in [0.29, 0.717) is 0 Å². The predicted molar refractivity (Wildman–Crippen MR) is 199 cm³/mol. The summed E-state index contributed by atoms with van der Waals surface area (Å²) in [7, 11) is 0. The van der Waals surface area contributed by atoms with Crippen molar-refractivity contribution in [1.82, 2.24) is 9.55 Å². The molecule has 0 amide bonds. The first kappa shape index (κ1) is 32.4. The number of nitrogens with zero attached hydrogens (tertiary/aromatic N) is 3. The van der Waals surface area contributed by atoms with Crippen molar-refractivity contribution >= 4 is 27.7 Å². The number of hydrogen-bond donors (Lipinski definition) is 0. The molecule has 0 spiro atoms. The van der Waals surface area contributed by atoms with Gasteiger partial charge in [-0.05, 0) is 121 Å². The van der Waals surface area contributed by atoms with E-state index >= 15 is 0 Å². The van der Waals surface area contributed by atoms with Crippen molar-refractivity contribution in [3.63, 3.8) is 0 Å². The Morgan fingerprint density at radius 3 is 2.06 bits per heavy atom. The zero-order chi connectivity index (χ0) is 34.4. The summed E-state index contributed by atoms with van der Waals surface area (Å²) >= 11 is 0. The summed E-state index contributed by atoms with van der Waals surface area (Å²) in [6.45, 7) is 24.7. The van der Waals surface area contributed by atoms with Gasteiger partial charge in [0.2, 0.25) is 5.90 Å². The number of aliphatic imine (C=N–C) groups is 1. The molecule has 5 heteroatoms. The van der Waals surface area contributed by atoms with Crippen LogP contribution in [-0.4, -0.2) is 26.6 Å². The summed E-state index contributed by atoms with van der Waals surface area (Å²) < 4.78 is 15.7. The Balaban J connectivity index is 1.37. The number of rotatable bonds is 4. The molecular formula is C43H51N3O2. The molecule has 1 aliphatic heterocycles. The van der Waals surface area contributed by atoms with Crippen LogP contribution in [0.4, 0.5) is 0 Å². The van der Waals surface area contributed by atoms with Crippen molar-refractivity contribution in [1.29, 1.82) is 0 Å². The number of fused-ring (bicyclic) bond motifs is 4. The van der Waals surface area contributed by atoms with Crippen molar-refractivity contribution in [3.05, 3.63) is 95.2 Å². The normalized spacial score (nSPS) is 21.4. The third-order valence-corrected chi connectivity index (χ3v) is 10.8. The molecule has 3 heterocycles. The molecule has 2 aromatic heterocycles. The minimum atomic E-state index is -0.259. The summed E-state index contributed by atoms with van der Waals surface area (Å²) in [6, 6.07) is 24.1. The summed E-state index contributed by atoms with van der Waals surface area (Å²) in [5, 5.41) is 2.39. The third kappa shape index (κ3) is 5.49. The third-order valence-electron chi connectivity index (χ3n) is 10.8. The van der Waals surface area contributed by atoms with E-state index in [1.807, 2.05) is 6.20 Å². The number of pyridine rings is 1. The lowest BCUT2D eigenvalue weighted by atomic mass is 9.86. The topological polar surface area (TPSA) is 48.6 Å². The first-order chi connectivity index (χ1) is 22.3. The first-order valence-electron chi connectivity index (χ1n) is 17.5. The van der Waals surface area contributed by atoms with Crippen LogP contribution in [0.5, 0.6) is 11.5 Å². The second kappa shape index (κ2) is 10.7. The number of aromatic nitrogens is 2. The molecule has 48 heavy (non-hydrogen) atoms. The molecule has 5 nitrogen and oxygen atoms in total. The highest BCUT2D eigenvalue weighted by molar-refractivity contribution is 6.09. The van der Waals surface area contributed by atoms with Crippen LogP contribution >= 0.6 is 0 Å². The lowest BCUT2D eigenvalue weighted by molar-refractivity contribution is 0.0580. The monoisotopic (exact) mass is 641 g/mol. The molecule has 0 unspecified atom stereocenters. The Hall–Kier alpha value is -4.12. The van der Waals surface area contributed by atoms with Gasteiger partial charge in [-0.15, -0.1) is 0 Å². The highest BCUT2D eigenvalue weighted by Gasteiger charge is 2.55. The average Bonchev–Trinajstić information content (AvgIpc) is 3.57. The van der Waals surface area contributed by atoms with Gasteiger partial charge in [0.1, 0.15) is 28.5 Å². The van der Waals surface area contributed by atoms with E-state index in [2.05, 4.69) is 147 Å². The van der Waals surface area contributed by atoms with Crippen LogP contribution < -0.4 is 4.74 Å². The molecule has 2 aliphatic rings. The van der Waals surface area contributed by atoms with Crippen LogP contribution in [0.25, 0.3) is 27.6 Å². The van der Waals surface area contributed by atoms with Crippen LogP contribution in [0.3, 0.4) is 0 Å². The maximum Gasteiger partial charge on any atom is 0.217 e. The van der Waals surface area contributed by atoms with Crippen LogP contribution in [0.1, 0.15) is 118 Å². The van der Waals surface area contributed by atoms with Gasteiger partial charge in [-0.1, -0.05) is 68.4 Å². The van der Waals surface area contributed by atoms with Gasteiger partial charge < -0.3 is 9.47 Å². The van der Waals surface area contributed by atoms with Gasteiger partial charge in [0, 0.05) is 28.6 Å². The van der Waals surface area contributed by atoms with Crippen molar-refractivity contribution in [3.8, 4) is 17.3 Å². The summed E-state index contributed by atoms with van der Waals surface area (Å²) in [5.41, 5.74) is 6.41. The minimum Gasteiger partial charge on any atom is -0.469 e. The van der Waals surface area contributed by atoms with E-state index < -0.39 is 0 Å². The Bertz CT molecular complexity index is 2100. The molecular weight excluding hydrogens is 590 g/mol. The maximum atomic E-state index is 6.77. The second-order valence-electron chi connectivity index (χ2n) is 17.6. The van der Waals surface area contributed by atoms with Crippen molar-refractivity contribution in [2.24, 2.45) is 4.99 Å². The minimum absolute atomic E-state index is 0.000721. The highest BCUT2D eigenvalue weighted by atomic mass is 16.5. The quantitative estimate of drug-likeness (QED) is 0.196. The van der Waals surface area contributed by atoms with Gasteiger partial charge in [-0.2, -0.15) is 0 Å². The maximum absolute atomic E-state index is 6.77. The molecule has 0 N–H and O–H groups in total. The zero-order valence-corrected chi connectivity index (χ0v) is 30.7. The molecule has 3 aromatic carbocycles. The van der Waals surface area contributed by atoms with E-state index in [9.17, 15) is 0 Å². The van der Waals surface area contributed by atoms with Crippen LogP contribution in [0, 0.1) is 0 Å². The van der Waals surface area contributed by atoms with Crippen LogP contribution in [-0.2, 0) is 21.0 Å². The molecule has 7 rings (SSSR count). The smallest absolute Gasteiger partial charge is 0.217 e. The van der Waals surface area contributed by atoms with E-state index in [1.165, 1.54) is 27.5 Å². The Morgan fingerprint density at radius 1 is 0.667 bits per heavy atom. The molecule has 250 valence electrons. The van der Waals surface area contributed by atoms with E-state index in [0.717, 1.165) is 59.1 Å². The fourth-order valence-electron chi connectivity index (χ4n) is 7.36. The summed E-state index contributed by atoms with van der Waals surface area (Å²) in [6.07, 6.45) is 5.15. The summed E-state index contributed by atoms with van der Waals surface area (Å²) in [4.78, 5) is 10.1. The van der Waals surface area contributed by atoms with Crippen molar-refractivity contribution < 1.29 is 9.47 Å². The summed E-state index contributed by atoms with van der Waals surface area (Å²) in [5.74, 6) is 3.19. The van der Waals surface area contributed by atoms with Crippen LogP contribution in [0.15, 0.2) is 77.9 Å². The SMILES string of the molecule is CC(C)(C)c1cc(Oc2ccc3c4cc(C(C)(C)C)ccc4n(-c4cc(C(C)(C)C)ccn4)c3c2)cc(C2=N[C@]3(C)CCC[C@]3(C)O2)c1. The molecule has 2 atom stereocenters. The van der Waals surface area contributed by atoms with Crippen LogP contribution in [0.2, 0.25) is 0 Å². The Morgan fingerprint density at radius 2 is 1.38 bits per heavy atom. The van der Waals surface area contributed by atoms with Gasteiger partial charge in [-0.25, -0.2) is 9.98 Å². The van der Waals surface area contributed by atoms with E-state index in [4.69, 9.17) is 19.5 Å².